The van der Waals surface area contributed by atoms with Gasteiger partial charge in [0.05, 0.1) is 11.3 Å². The van der Waals surface area contributed by atoms with Crippen LogP contribution in [0.4, 0.5) is 10.1 Å². The smallest absolute Gasteiger partial charge is 0.343 e. The van der Waals surface area contributed by atoms with Crippen molar-refractivity contribution in [3.8, 4) is 5.75 Å². The second-order valence-corrected chi connectivity index (χ2v) is 5.08. The molecule has 1 aliphatic heterocycles. The zero-order valence-corrected chi connectivity index (χ0v) is 12.1. The third-order valence-corrected chi connectivity index (χ3v) is 3.42. The van der Waals surface area contributed by atoms with E-state index in [-0.39, 0.29) is 5.75 Å². The van der Waals surface area contributed by atoms with Crippen molar-refractivity contribution >= 4 is 17.4 Å². The molecule has 0 spiro atoms. The Morgan fingerprint density at radius 2 is 1.91 bits per heavy atom. The van der Waals surface area contributed by atoms with Gasteiger partial charge in [-0.25, -0.2) is 9.18 Å². The summed E-state index contributed by atoms with van der Waals surface area (Å²) < 4.78 is 18.5. The predicted molar refractivity (Wildman–Crippen MR) is 82.9 cm³/mol. The Hall–Kier alpha value is -2.69. The highest BCUT2D eigenvalue weighted by Gasteiger charge is 2.15. The number of anilines is 1. The number of hydrogen-bond donors (Lipinski definition) is 0. The number of carbonyl (C=O) groups excluding carboxylic acids is 1. The molecule has 0 aromatic heterocycles. The number of nitrogens with zero attached hydrogens (tertiary/aromatic N) is 2. The Bertz CT molecular complexity index is 726. The van der Waals surface area contributed by atoms with Crippen LogP contribution in [0, 0.1) is 5.82 Å². The minimum atomic E-state index is -0.585. The number of hydrazone groups is 1. The van der Waals surface area contributed by atoms with Gasteiger partial charge in [0.25, 0.3) is 0 Å². The molecule has 1 heterocycles. The van der Waals surface area contributed by atoms with Crippen LogP contribution in [0.1, 0.15) is 23.7 Å². The van der Waals surface area contributed by atoms with Gasteiger partial charge in [0.15, 0.2) is 11.6 Å². The van der Waals surface area contributed by atoms with Gasteiger partial charge in [-0.2, -0.15) is 5.10 Å². The molecule has 5 heteroatoms. The van der Waals surface area contributed by atoms with Gasteiger partial charge < -0.3 is 4.74 Å². The molecule has 0 radical (unpaired) electrons. The molecule has 22 heavy (non-hydrogen) atoms. The van der Waals surface area contributed by atoms with Crippen LogP contribution in [-0.4, -0.2) is 18.2 Å². The van der Waals surface area contributed by atoms with Crippen LogP contribution < -0.4 is 9.75 Å². The van der Waals surface area contributed by atoms with Crippen LogP contribution in [-0.2, 0) is 0 Å². The Balaban J connectivity index is 1.73. The molecule has 0 fully saturated rings. The van der Waals surface area contributed by atoms with Crippen LogP contribution in [0.5, 0.6) is 5.75 Å². The number of rotatable bonds is 3. The number of esters is 1. The number of hydrogen-bond acceptors (Lipinski definition) is 4. The lowest BCUT2D eigenvalue weighted by atomic mass is 10.2. The maximum Gasteiger partial charge on any atom is 0.343 e. The van der Waals surface area contributed by atoms with E-state index in [0.29, 0.717) is 5.56 Å². The molecule has 2 aromatic rings. The molecule has 2 aromatic carbocycles. The summed E-state index contributed by atoms with van der Waals surface area (Å²) in [5, 5.41) is 6.29. The summed E-state index contributed by atoms with van der Waals surface area (Å²) in [6, 6.07) is 12.7. The third-order valence-electron chi connectivity index (χ3n) is 3.42. The summed E-state index contributed by atoms with van der Waals surface area (Å²) in [4.78, 5) is 12.0. The van der Waals surface area contributed by atoms with Gasteiger partial charge in [-0.15, -0.1) is 0 Å². The lowest BCUT2D eigenvalue weighted by molar-refractivity contribution is 0.0728. The van der Waals surface area contributed by atoms with Crippen molar-refractivity contribution < 1.29 is 13.9 Å². The summed E-state index contributed by atoms with van der Waals surface area (Å²) in [5.41, 5.74) is 2.37. The molecule has 0 unspecified atom stereocenters. The summed E-state index contributed by atoms with van der Waals surface area (Å²) in [7, 11) is 0. The van der Waals surface area contributed by atoms with Gasteiger partial charge in [-0.1, -0.05) is 12.1 Å². The number of para-hydroxylation sites is 1. The quantitative estimate of drug-likeness (QED) is 0.642. The van der Waals surface area contributed by atoms with Crippen LogP contribution in [0.25, 0.3) is 0 Å². The van der Waals surface area contributed by atoms with Crippen molar-refractivity contribution in [3.63, 3.8) is 0 Å². The molecule has 0 saturated heterocycles. The highest BCUT2D eigenvalue weighted by molar-refractivity contribution is 5.91. The molecule has 112 valence electrons. The summed E-state index contributed by atoms with van der Waals surface area (Å²) in [6.45, 7) is 2.82. The fourth-order valence-electron chi connectivity index (χ4n) is 2.22. The minimum Gasteiger partial charge on any atom is -0.420 e. The molecular weight excluding hydrogens is 283 g/mol. The van der Waals surface area contributed by atoms with Crippen LogP contribution in [0.3, 0.4) is 0 Å². The van der Waals surface area contributed by atoms with Crippen LogP contribution in [0.2, 0.25) is 0 Å². The number of ether oxygens (including phenoxy) is 1. The summed E-state index contributed by atoms with van der Waals surface area (Å²) >= 11 is 0. The van der Waals surface area contributed by atoms with E-state index < -0.39 is 11.8 Å². The lowest BCUT2D eigenvalue weighted by Gasteiger charge is -2.13. The monoisotopic (exact) mass is 298 g/mol. The molecule has 0 saturated carbocycles. The standard InChI is InChI=1S/C17H15FN2O2/c1-12-10-11-20(19-12)14-8-6-13(7-9-14)17(21)22-16-5-3-2-4-15(16)18/h2-9H,10-11H2,1H3. The van der Waals surface area contributed by atoms with Crippen molar-refractivity contribution in [1.82, 2.24) is 0 Å². The average Bonchev–Trinajstić information content (AvgIpc) is 2.96. The van der Waals surface area contributed by atoms with E-state index >= 15 is 0 Å². The van der Waals surface area contributed by atoms with Crippen molar-refractivity contribution in [2.24, 2.45) is 5.10 Å². The topological polar surface area (TPSA) is 41.9 Å². The van der Waals surface area contributed by atoms with Crippen LogP contribution >= 0.6 is 0 Å². The maximum atomic E-state index is 13.5. The van der Waals surface area contributed by atoms with Gasteiger partial charge in [-0.3, -0.25) is 5.01 Å². The van der Waals surface area contributed by atoms with E-state index in [1.54, 1.807) is 36.4 Å². The Morgan fingerprint density at radius 3 is 2.55 bits per heavy atom. The number of carbonyl (C=O) groups is 1. The molecule has 0 aliphatic carbocycles. The lowest BCUT2D eigenvalue weighted by Crippen LogP contribution is -2.13. The molecule has 4 nitrogen and oxygen atoms in total. The Kier molecular flexibility index (Phi) is 3.87. The fourth-order valence-corrected chi connectivity index (χ4v) is 2.22. The highest BCUT2D eigenvalue weighted by Crippen LogP contribution is 2.21. The first-order chi connectivity index (χ1) is 10.6. The Morgan fingerprint density at radius 1 is 1.18 bits per heavy atom. The van der Waals surface area contributed by atoms with E-state index in [1.807, 2.05) is 11.9 Å². The van der Waals surface area contributed by atoms with Gasteiger partial charge in [0.1, 0.15) is 0 Å². The largest absolute Gasteiger partial charge is 0.420 e. The second-order valence-electron chi connectivity index (χ2n) is 5.08. The molecular formula is C17H15FN2O2. The normalized spacial score (nSPS) is 13.9. The summed E-state index contributed by atoms with van der Waals surface area (Å²) in [5.74, 6) is -1.22. The van der Waals surface area contributed by atoms with Gasteiger partial charge in [0, 0.05) is 18.7 Å². The van der Waals surface area contributed by atoms with Crippen molar-refractivity contribution in [3.05, 3.63) is 59.9 Å². The second kappa shape index (κ2) is 5.97. The molecule has 0 atom stereocenters. The molecule has 0 bridgehead atoms. The summed E-state index contributed by atoms with van der Waals surface area (Å²) in [6.07, 6.45) is 0.942. The number of halogens is 1. The first-order valence-corrected chi connectivity index (χ1v) is 7.02. The van der Waals surface area contributed by atoms with Gasteiger partial charge in [-0.05, 0) is 43.3 Å². The van der Waals surface area contributed by atoms with E-state index in [1.165, 1.54) is 12.1 Å². The fraction of sp³-hybridized carbons (Fsp3) is 0.176. The molecule has 0 amide bonds. The minimum absolute atomic E-state index is 0.0728. The van der Waals surface area contributed by atoms with E-state index in [4.69, 9.17) is 4.74 Å². The van der Waals surface area contributed by atoms with Crippen molar-refractivity contribution in [1.29, 1.82) is 0 Å². The Labute approximate surface area is 127 Å². The SMILES string of the molecule is CC1=NN(c2ccc(C(=O)Oc3ccccc3F)cc2)CC1. The zero-order chi connectivity index (χ0) is 15.5. The zero-order valence-electron chi connectivity index (χ0n) is 12.1. The first kappa shape index (κ1) is 14.3. The van der Waals surface area contributed by atoms with Crippen LogP contribution in [0.15, 0.2) is 53.6 Å². The molecule has 3 rings (SSSR count). The first-order valence-electron chi connectivity index (χ1n) is 7.02. The molecule has 0 N–H and O–H groups in total. The predicted octanol–water partition coefficient (Wildman–Crippen LogP) is 3.63. The molecule has 1 aliphatic rings. The van der Waals surface area contributed by atoms with E-state index in [2.05, 4.69) is 5.10 Å². The average molecular weight is 298 g/mol. The number of benzene rings is 2. The van der Waals surface area contributed by atoms with Gasteiger partial charge >= 0.3 is 5.97 Å². The third kappa shape index (κ3) is 2.98. The van der Waals surface area contributed by atoms with Gasteiger partial charge in [0.2, 0.25) is 0 Å². The van der Waals surface area contributed by atoms with Crippen molar-refractivity contribution in [2.45, 2.75) is 13.3 Å². The maximum absolute atomic E-state index is 13.5. The van der Waals surface area contributed by atoms with E-state index in [0.717, 1.165) is 24.4 Å². The van der Waals surface area contributed by atoms with E-state index in [9.17, 15) is 9.18 Å². The highest BCUT2D eigenvalue weighted by atomic mass is 19.1. The van der Waals surface area contributed by atoms with Crippen molar-refractivity contribution in [2.75, 3.05) is 11.6 Å².